The van der Waals surface area contributed by atoms with Gasteiger partial charge in [-0.2, -0.15) is 5.10 Å². The van der Waals surface area contributed by atoms with E-state index in [9.17, 15) is 0 Å². The lowest BCUT2D eigenvalue weighted by Crippen LogP contribution is -2.42. The maximum atomic E-state index is 4.28. The third-order valence-electron chi connectivity index (χ3n) is 3.29. The number of anilines is 2. The molecule has 1 N–H and O–H groups in total. The van der Waals surface area contributed by atoms with Crippen molar-refractivity contribution in [3.63, 3.8) is 0 Å². The summed E-state index contributed by atoms with van der Waals surface area (Å²) >= 11 is 1.65. The summed E-state index contributed by atoms with van der Waals surface area (Å²) in [6, 6.07) is 4.50. The Hall–Kier alpha value is -1.69. The highest BCUT2D eigenvalue weighted by Crippen LogP contribution is 2.21. The molecule has 0 spiro atoms. The predicted molar refractivity (Wildman–Crippen MR) is 77.7 cm³/mol. The van der Waals surface area contributed by atoms with Crippen molar-refractivity contribution in [3.05, 3.63) is 29.4 Å². The maximum absolute atomic E-state index is 4.28. The van der Waals surface area contributed by atoms with Gasteiger partial charge in [-0.05, 0) is 31.9 Å². The van der Waals surface area contributed by atoms with Crippen molar-refractivity contribution in [1.82, 2.24) is 15.2 Å². The summed E-state index contributed by atoms with van der Waals surface area (Å²) in [7, 11) is 0. The van der Waals surface area contributed by atoms with Crippen molar-refractivity contribution in [2.75, 3.05) is 23.3 Å². The minimum atomic E-state index is 0.433. The Labute approximate surface area is 116 Å². The number of aromatic nitrogens is 3. The second-order valence-corrected chi connectivity index (χ2v) is 5.69. The summed E-state index contributed by atoms with van der Waals surface area (Å²) in [5, 5.41) is 14.9. The molecular weight excluding hydrogens is 258 g/mol. The molecule has 1 aliphatic heterocycles. The number of thiazole rings is 1. The minimum Gasteiger partial charge on any atom is -0.357 e. The molecule has 3 heterocycles. The SMILES string of the molecule is Cc1ccc(N2CCCC(Nc3nccs3)C2)nn1. The molecule has 1 fully saturated rings. The summed E-state index contributed by atoms with van der Waals surface area (Å²) in [6.45, 7) is 3.96. The van der Waals surface area contributed by atoms with Crippen molar-refractivity contribution in [3.8, 4) is 0 Å². The van der Waals surface area contributed by atoms with E-state index in [1.807, 2.05) is 30.6 Å². The van der Waals surface area contributed by atoms with E-state index >= 15 is 0 Å². The zero-order valence-electron chi connectivity index (χ0n) is 10.9. The Balaban J connectivity index is 1.66. The van der Waals surface area contributed by atoms with Crippen molar-refractivity contribution >= 4 is 22.3 Å². The molecule has 0 saturated carbocycles. The molecule has 1 saturated heterocycles. The van der Waals surface area contributed by atoms with Crippen LogP contribution < -0.4 is 10.2 Å². The molecule has 1 atom stereocenters. The van der Waals surface area contributed by atoms with Gasteiger partial charge in [0, 0.05) is 30.7 Å². The second kappa shape index (κ2) is 5.52. The van der Waals surface area contributed by atoms with Gasteiger partial charge >= 0.3 is 0 Å². The van der Waals surface area contributed by atoms with Crippen molar-refractivity contribution in [2.45, 2.75) is 25.8 Å². The zero-order chi connectivity index (χ0) is 13.1. The molecule has 1 aliphatic rings. The van der Waals surface area contributed by atoms with Crippen LogP contribution in [0, 0.1) is 6.92 Å². The van der Waals surface area contributed by atoms with Crippen molar-refractivity contribution in [1.29, 1.82) is 0 Å². The van der Waals surface area contributed by atoms with Gasteiger partial charge in [-0.15, -0.1) is 16.4 Å². The highest BCUT2D eigenvalue weighted by molar-refractivity contribution is 7.13. The Kier molecular flexibility index (Phi) is 3.59. The highest BCUT2D eigenvalue weighted by atomic mass is 32.1. The van der Waals surface area contributed by atoms with Crippen molar-refractivity contribution < 1.29 is 0 Å². The molecule has 5 nitrogen and oxygen atoms in total. The lowest BCUT2D eigenvalue weighted by molar-refractivity contribution is 0.525. The van der Waals surface area contributed by atoms with Gasteiger partial charge in [-0.25, -0.2) is 4.98 Å². The van der Waals surface area contributed by atoms with E-state index < -0.39 is 0 Å². The van der Waals surface area contributed by atoms with Gasteiger partial charge in [0.1, 0.15) is 0 Å². The molecule has 19 heavy (non-hydrogen) atoms. The monoisotopic (exact) mass is 275 g/mol. The van der Waals surface area contributed by atoms with E-state index in [2.05, 4.69) is 25.4 Å². The molecule has 3 rings (SSSR count). The fraction of sp³-hybridized carbons (Fsp3) is 0.462. The van der Waals surface area contributed by atoms with Gasteiger partial charge in [-0.1, -0.05) is 0 Å². The summed E-state index contributed by atoms with van der Waals surface area (Å²) in [6.07, 6.45) is 4.17. The van der Waals surface area contributed by atoms with Crippen LogP contribution in [-0.4, -0.2) is 34.3 Å². The van der Waals surface area contributed by atoms with Crippen LogP contribution in [0.3, 0.4) is 0 Å². The summed E-state index contributed by atoms with van der Waals surface area (Å²) < 4.78 is 0. The number of hydrogen-bond donors (Lipinski definition) is 1. The number of piperidine rings is 1. The average molecular weight is 275 g/mol. The van der Waals surface area contributed by atoms with Gasteiger partial charge in [0.25, 0.3) is 0 Å². The first kappa shape index (κ1) is 12.3. The topological polar surface area (TPSA) is 53.9 Å². The van der Waals surface area contributed by atoms with Crippen LogP contribution in [0.4, 0.5) is 10.9 Å². The number of nitrogens with zero attached hydrogens (tertiary/aromatic N) is 4. The van der Waals surface area contributed by atoms with E-state index in [4.69, 9.17) is 0 Å². The van der Waals surface area contributed by atoms with E-state index in [1.54, 1.807) is 11.3 Å². The number of aryl methyl sites for hydroxylation is 1. The number of nitrogens with one attached hydrogen (secondary N) is 1. The molecule has 0 bridgehead atoms. The maximum Gasteiger partial charge on any atom is 0.182 e. The third kappa shape index (κ3) is 3.01. The molecular formula is C13H17N5S. The third-order valence-corrected chi connectivity index (χ3v) is 3.99. The fourth-order valence-corrected chi connectivity index (χ4v) is 2.94. The van der Waals surface area contributed by atoms with Gasteiger partial charge < -0.3 is 10.2 Å². The molecule has 0 aliphatic carbocycles. The lowest BCUT2D eigenvalue weighted by Gasteiger charge is -2.33. The number of hydrogen-bond acceptors (Lipinski definition) is 6. The summed E-state index contributed by atoms with van der Waals surface area (Å²) in [5.74, 6) is 0.969. The van der Waals surface area contributed by atoms with E-state index in [1.165, 1.54) is 12.8 Å². The molecule has 100 valence electrons. The van der Waals surface area contributed by atoms with Crippen LogP contribution >= 0.6 is 11.3 Å². The highest BCUT2D eigenvalue weighted by Gasteiger charge is 2.21. The molecule has 0 radical (unpaired) electrons. The molecule has 6 heteroatoms. The predicted octanol–water partition coefficient (Wildman–Crippen LogP) is 2.32. The standard InChI is InChI=1S/C13H17N5S/c1-10-4-5-12(17-16-10)18-7-2-3-11(9-18)15-13-14-6-8-19-13/h4-6,8,11H,2-3,7,9H2,1H3,(H,14,15). The average Bonchev–Trinajstić information content (AvgIpc) is 2.93. The van der Waals surface area contributed by atoms with E-state index in [0.29, 0.717) is 6.04 Å². The largest absolute Gasteiger partial charge is 0.357 e. The van der Waals surface area contributed by atoms with Crippen LogP contribution in [0.15, 0.2) is 23.7 Å². The molecule has 2 aromatic heterocycles. The quantitative estimate of drug-likeness (QED) is 0.931. The van der Waals surface area contributed by atoms with Crippen LogP contribution in [0.5, 0.6) is 0 Å². The first-order valence-electron chi connectivity index (χ1n) is 6.52. The number of rotatable bonds is 3. The van der Waals surface area contributed by atoms with Crippen molar-refractivity contribution in [2.24, 2.45) is 0 Å². The van der Waals surface area contributed by atoms with Crippen LogP contribution in [0.1, 0.15) is 18.5 Å². The first-order chi connectivity index (χ1) is 9.31. The lowest BCUT2D eigenvalue weighted by atomic mass is 10.1. The minimum absolute atomic E-state index is 0.433. The molecule has 2 aromatic rings. The zero-order valence-corrected chi connectivity index (χ0v) is 11.7. The molecule has 0 amide bonds. The summed E-state index contributed by atoms with van der Waals surface area (Å²) in [5.41, 5.74) is 0.957. The Morgan fingerprint density at radius 1 is 1.37 bits per heavy atom. The Bertz CT molecular complexity index is 510. The van der Waals surface area contributed by atoms with Gasteiger partial charge in [0.05, 0.1) is 5.69 Å². The first-order valence-corrected chi connectivity index (χ1v) is 7.40. The van der Waals surface area contributed by atoms with Crippen LogP contribution in [-0.2, 0) is 0 Å². The summed E-state index contributed by atoms with van der Waals surface area (Å²) in [4.78, 5) is 6.57. The van der Waals surface area contributed by atoms with Gasteiger partial charge in [0.2, 0.25) is 0 Å². The second-order valence-electron chi connectivity index (χ2n) is 4.80. The Morgan fingerprint density at radius 2 is 2.32 bits per heavy atom. The Morgan fingerprint density at radius 3 is 3.05 bits per heavy atom. The molecule has 0 aromatic carbocycles. The van der Waals surface area contributed by atoms with Crippen LogP contribution in [0.2, 0.25) is 0 Å². The fourth-order valence-electron chi connectivity index (χ4n) is 2.33. The molecule has 1 unspecified atom stereocenters. The van der Waals surface area contributed by atoms with Crippen LogP contribution in [0.25, 0.3) is 0 Å². The van der Waals surface area contributed by atoms with Gasteiger partial charge in [-0.3, -0.25) is 0 Å². The normalized spacial score (nSPS) is 19.4. The van der Waals surface area contributed by atoms with E-state index in [0.717, 1.165) is 29.7 Å². The van der Waals surface area contributed by atoms with Gasteiger partial charge in [0.15, 0.2) is 10.9 Å². The smallest absolute Gasteiger partial charge is 0.182 e. The van der Waals surface area contributed by atoms with E-state index in [-0.39, 0.29) is 0 Å².